The summed E-state index contributed by atoms with van der Waals surface area (Å²) < 4.78 is 10.4. The first-order chi connectivity index (χ1) is 12.2. The lowest BCUT2D eigenvalue weighted by Gasteiger charge is -2.10. The number of hydrogen-bond acceptors (Lipinski definition) is 3. The Morgan fingerprint density at radius 3 is 2.16 bits per heavy atom. The highest BCUT2D eigenvalue weighted by Gasteiger charge is 2.10. The lowest BCUT2D eigenvalue weighted by Crippen LogP contribution is -2.11. The van der Waals surface area contributed by atoms with Crippen molar-refractivity contribution in [2.24, 2.45) is 0 Å². The number of hydrogen-bond donors (Lipinski definition) is 0. The van der Waals surface area contributed by atoms with Crippen molar-refractivity contribution in [1.82, 2.24) is 0 Å². The molecule has 0 fully saturated rings. The second kappa shape index (κ2) is 6.44. The summed E-state index contributed by atoms with van der Waals surface area (Å²) in [7, 11) is 0. The molecular weight excluding hydrogens is 312 g/mol. The molecule has 0 atom stereocenters. The molecule has 0 N–H and O–H groups in total. The zero-order chi connectivity index (χ0) is 17.2. The van der Waals surface area contributed by atoms with Crippen molar-refractivity contribution >= 4 is 38.5 Å². The third-order valence-electron chi connectivity index (χ3n) is 4.28. The largest absolute Gasteiger partial charge is 0.513 e. The fourth-order valence-corrected chi connectivity index (χ4v) is 3.08. The topological polar surface area (TPSA) is 35.5 Å². The van der Waals surface area contributed by atoms with Gasteiger partial charge in [-0.25, -0.2) is 4.79 Å². The van der Waals surface area contributed by atoms with Gasteiger partial charge in [-0.1, -0.05) is 43.3 Å². The Kier molecular flexibility index (Phi) is 3.98. The van der Waals surface area contributed by atoms with E-state index in [0.29, 0.717) is 12.4 Å². The van der Waals surface area contributed by atoms with Gasteiger partial charge in [-0.15, -0.1) is 0 Å². The first kappa shape index (κ1) is 15.5. The maximum atomic E-state index is 11.8. The molecule has 25 heavy (non-hydrogen) atoms. The van der Waals surface area contributed by atoms with Crippen LogP contribution in [-0.2, 0) is 4.74 Å². The van der Waals surface area contributed by atoms with Crippen molar-refractivity contribution in [3.63, 3.8) is 0 Å². The SMILES string of the molecule is CCCOC(=O)Oc1cccc2cc3cc4ccccc4cc3cc12. The second-order valence-electron chi connectivity index (χ2n) is 6.08. The Morgan fingerprint density at radius 2 is 1.44 bits per heavy atom. The van der Waals surface area contributed by atoms with Crippen molar-refractivity contribution in [3.05, 3.63) is 66.7 Å². The van der Waals surface area contributed by atoms with Crippen LogP contribution in [0.15, 0.2) is 66.7 Å². The normalized spacial score (nSPS) is 11.1. The monoisotopic (exact) mass is 330 g/mol. The molecule has 0 saturated heterocycles. The summed E-state index contributed by atoms with van der Waals surface area (Å²) in [4.78, 5) is 11.8. The van der Waals surface area contributed by atoms with Crippen LogP contribution in [0.4, 0.5) is 4.79 Å². The van der Waals surface area contributed by atoms with E-state index in [2.05, 4.69) is 36.4 Å². The quantitative estimate of drug-likeness (QED) is 0.260. The molecule has 0 spiro atoms. The minimum Gasteiger partial charge on any atom is -0.434 e. The minimum absolute atomic E-state index is 0.360. The summed E-state index contributed by atoms with van der Waals surface area (Å²) in [6, 6.07) is 22.5. The van der Waals surface area contributed by atoms with Crippen LogP contribution in [0.1, 0.15) is 13.3 Å². The van der Waals surface area contributed by atoms with Crippen LogP contribution >= 0.6 is 0 Å². The molecule has 0 heterocycles. The summed E-state index contributed by atoms with van der Waals surface area (Å²) in [5, 5.41) is 6.61. The number of ether oxygens (including phenoxy) is 2. The third kappa shape index (κ3) is 3.01. The lowest BCUT2D eigenvalue weighted by atomic mass is 9.99. The summed E-state index contributed by atoms with van der Waals surface area (Å²) >= 11 is 0. The van der Waals surface area contributed by atoms with E-state index < -0.39 is 6.16 Å². The van der Waals surface area contributed by atoms with Gasteiger partial charge in [0.25, 0.3) is 0 Å². The molecular formula is C22H18O3. The number of benzene rings is 4. The highest BCUT2D eigenvalue weighted by atomic mass is 16.7. The van der Waals surface area contributed by atoms with Crippen molar-refractivity contribution in [1.29, 1.82) is 0 Å². The first-order valence-electron chi connectivity index (χ1n) is 8.44. The average molecular weight is 330 g/mol. The highest BCUT2D eigenvalue weighted by Crippen LogP contribution is 2.32. The lowest BCUT2D eigenvalue weighted by molar-refractivity contribution is 0.0997. The number of fused-ring (bicyclic) bond motifs is 3. The van der Waals surface area contributed by atoms with Crippen LogP contribution in [0.5, 0.6) is 5.75 Å². The summed E-state index contributed by atoms with van der Waals surface area (Å²) in [5.41, 5.74) is 0. The Bertz CT molecular complexity index is 1080. The fourth-order valence-electron chi connectivity index (χ4n) is 3.08. The zero-order valence-electron chi connectivity index (χ0n) is 14.0. The van der Waals surface area contributed by atoms with E-state index in [-0.39, 0.29) is 0 Å². The predicted molar refractivity (Wildman–Crippen MR) is 101 cm³/mol. The molecule has 4 aromatic rings. The van der Waals surface area contributed by atoms with Crippen LogP contribution in [0, 0.1) is 0 Å². The van der Waals surface area contributed by atoms with Gasteiger partial charge < -0.3 is 9.47 Å². The molecule has 124 valence electrons. The average Bonchev–Trinajstić information content (AvgIpc) is 2.63. The smallest absolute Gasteiger partial charge is 0.434 e. The van der Waals surface area contributed by atoms with Crippen molar-refractivity contribution in [2.45, 2.75) is 13.3 Å². The minimum atomic E-state index is -0.659. The Balaban J connectivity index is 1.83. The van der Waals surface area contributed by atoms with E-state index >= 15 is 0 Å². The number of rotatable bonds is 3. The molecule has 4 aromatic carbocycles. The summed E-state index contributed by atoms with van der Waals surface area (Å²) in [6.07, 6.45) is 0.107. The third-order valence-corrected chi connectivity index (χ3v) is 4.28. The Labute approximate surface area is 145 Å². The second-order valence-corrected chi connectivity index (χ2v) is 6.08. The zero-order valence-corrected chi connectivity index (χ0v) is 14.0. The van der Waals surface area contributed by atoms with Gasteiger partial charge in [0.15, 0.2) is 0 Å². The van der Waals surface area contributed by atoms with Gasteiger partial charge in [0, 0.05) is 5.39 Å². The van der Waals surface area contributed by atoms with E-state index in [0.717, 1.165) is 28.0 Å². The standard InChI is InChI=1S/C22H18O3/c1-2-10-24-22(23)25-21-9-5-8-17-13-18-11-15-6-3-4-7-16(15)12-19(18)14-20(17)21/h3-9,11-14H,2,10H2,1H3. The summed E-state index contributed by atoms with van der Waals surface area (Å²) in [6.45, 7) is 2.31. The molecule has 0 unspecified atom stereocenters. The number of carbonyl (C=O) groups is 1. The molecule has 0 aliphatic carbocycles. The van der Waals surface area contributed by atoms with Crippen molar-refractivity contribution < 1.29 is 14.3 Å². The molecule has 0 amide bonds. The molecule has 0 radical (unpaired) electrons. The van der Waals surface area contributed by atoms with Gasteiger partial charge in [-0.3, -0.25) is 0 Å². The first-order valence-corrected chi connectivity index (χ1v) is 8.44. The van der Waals surface area contributed by atoms with Crippen LogP contribution in [0.25, 0.3) is 32.3 Å². The Morgan fingerprint density at radius 1 is 0.800 bits per heavy atom. The van der Waals surface area contributed by atoms with E-state index in [9.17, 15) is 4.79 Å². The van der Waals surface area contributed by atoms with Crippen molar-refractivity contribution in [2.75, 3.05) is 6.61 Å². The van der Waals surface area contributed by atoms with Gasteiger partial charge in [-0.05, 0) is 63.7 Å². The van der Waals surface area contributed by atoms with Crippen molar-refractivity contribution in [3.8, 4) is 5.75 Å². The predicted octanol–water partition coefficient (Wildman–Crippen LogP) is 6.07. The van der Waals surface area contributed by atoms with Crippen LogP contribution in [0.2, 0.25) is 0 Å². The molecule has 0 saturated carbocycles. The molecule has 3 heteroatoms. The van der Waals surface area contributed by atoms with Gasteiger partial charge >= 0.3 is 6.16 Å². The molecule has 0 aliphatic rings. The summed E-state index contributed by atoms with van der Waals surface area (Å²) in [5.74, 6) is 0.522. The molecule has 3 nitrogen and oxygen atoms in total. The molecule has 0 aromatic heterocycles. The Hall–Kier alpha value is -3.07. The van der Waals surface area contributed by atoms with Crippen LogP contribution < -0.4 is 4.74 Å². The molecule has 4 rings (SSSR count). The molecule has 0 aliphatic heterocycles. The number of carbonyl (C=O) groups excluding carboxylic acids is 1. The van der Waals surface area contributed by atoms with Gasteiger partial charge in [0.2, 0.25) is 0 Å². The van der Waals surface area contributed by atoms with Gasteiger partial charge in [0.1, 0.15) is 5.75 Å². The van der Waals surface area contributed by atoms with Crippen LogP contribution in [-0.4, -0.2) is 12.8 Å². The molecule has 0 bridgehead atoms. The van der Waals surface area contributed by atoms with Gasteiger partial charge in [0.05, 0.1) is 6.61 Å². The van der Waals surface area contributed by atoms with E-state index in [1.54, 1.807) is 6.07 Å². The van der Waals surface area contributed by atoms with Gasteiger partial charge in [-0.2, -0.15) is 0 Å². The van der Waals surface area contributed by atoms with E-state index in [4.69, 9.17) is 9.47 Å². The highest BCUT2D eigenvalue weighted by molar-refractivity contribution is 6.06. The van der Waals surface area contributed by atoms with E-state index in [1.165, 1.54) is 10.8 Å². The maximum Gasteiger partial charge on any atom is 0.513 e. The van der Waals surface area contributed by atoms with Crippen LogP contribution in [0.3, 0.4) is 0 Å². The van der Waals surface area contributed by atoms with E-state index in [1.807, 2.05) is 31.2 Å². The fraction of sp³-hybridized carbons (Fsp3) is 0.136. The maximum absolute atomic E-state index is 11.8.